The first-order valence-electron chi connectivity index (χ1n) is 7.60. The van der Waals surface area contributed by atoms with Crippen LogP contribution in [0.3, 0.4) is 0 Å². The third kappa shape index (κ3) is 2.35. The molecule has 1 saturated heterocycles. The summed E-state index contributed by atoms with van der Waals surface area (Å²) in [6, 6.07) is 3.87. The van der Waals surface area contributed by atoms with Crippen LogP contribution >= 0.6 is 11.3 Å². The highest BCUT2D eigenvalue weighted by atomic mass is 32.1. The number of hydrogen-bond acceptors (Lipinski definition) is 7. The summed E-state index contributed by atoms with van der Waals surface area (Å²) in [5.74, 6) is 0.607. The van der Waals surface area contributed by atoms with Gasteiger partial charge < -0.3 is 24.6 Å². The van der Waals surface area contributed by atoms with Crippen LogP contribution in [-0.4, -0.2) is 54.8 Å². The Morgan fingerprint density at radius 3 is 2.75 bits per heavy atom. The van der Waals surface area contributed by atoms with Gasteiger partial charge in [-0.15, -0.1) is 0 Å². The Labute approximate surface area is 141 Å². The lowest BCUT2D eigenvalue weighted by molar-refractivity contribution is -0.0508. The first-order valence-corrected chi connectivity index (χ1v) is 8.54. The molecule has 1 fully saturated rings. The van der Waals surface area contributed by atoms with E-state index in [2.05, 4.69) is 9.97 Å². The second-order valence-electron chi connectivity index (χ2n) is 5.82. The molecule has 2 unspecified atom stereocenters. The predicted molar refractivity (Wildman–Crippen MR) is 88.6 cm³/mol. The van der Waals surface area contributed by atoms with Crippen LogP contribution in [0.25, 0.3) is 22.3 Å². The molecule has 0 aromatic carbocycles. The molecule has 24 heavy (non-hydrogen) atoms. The topological polar surface area (TPSA) is 101 Å². The van der Waals surface area contributed by atoms with Crippen LogP contribution < -0.4 is 0 Å². The van der Waals surface area contributed by atoms with E-state index in [1.165, 1.54) is 0 Å². The highest BCUT2D eigenvalue weighted by molar-refractivity contribution is 7.08. The van der Waals surface area contributed by atoms with Gasteiger partial charge in [-0.3, -0.25) is 0 Å². The lowest BCUT2D eigenvalue weighted by atomic mass is 10.1. The van der Waals surface area contributed by atoms with Crippen molar-refractivity contribution in [3.8, 4) is 11.3 Å². The number of aryl methyl sites for hydroxylation is 1. The molecular weight excluding hydrogens is 330 g/mol. The highest BCUT2D eigenvalue weighted by Gasteiger charge is 2.43. The molecule has 0 bridgehead atoms. The Bertz CT molecular complexity index is 864. The van der Waals surface area contributed by atoms with Crippen LogP contribution in [0.15, 0.2) is 29.1 Å². The Morgan fingerprint density at radius 1 is 1.25 bits per heavy atom. The van der Waals surface area contributed by atoms with Gasteiger partial charge in [0.2, 0.25) is 0 Å². The van der Waals surface area contributed by atoms with Gasteiger partial charge in [0, 0.05) is 22.5 Å². The number of nitrogens with zero attached hydrogens (tertiary/aromatic N) is 3. The average Bonchev–Trinajstić information content (AvgIpc) is 3.28. The van der Waals surface area contributed by atoms with Crippen molar-refractivity contribution in [1.29, 1.82) is 0 Å². The van der Waals surface area contributed by atoms with Crippen molar-refractivity contribution in [2.24, 2.45) is 0 Å². The van der Waals surface area contributed by atoms with Gasteiger partial charge in [-0.05, 0) is 24.4 Å². The fourth-order valence-electron chi connectivity index (χ4n) is 3.08. The molecule has 8 heteroatoms. The van der Waals surface area contributed by atoms with Gasteiger partial charge in [0.25, 0.3) is 0 Å². The molecular formula is C16H17N3O4S. The summed E-state index contributed by atoms with van der Waals surface area (Å²) < 4.78 is 7.30. The van der Waals surface area contributed by atoms with E-state index in [9.17, 15) is 15.3 Å². The number of rotatable bonds is 3. The van der Waals surface area contributed by atoms with Crippen LogP contribution in [0.4, 0.5) is 0 Å². The molecule has 126 valence electrons. The number of aliphatic hydroxyl groups is 3. The van der Waals surface area contributed by atoms with Crippen LogP contribution in [0, 0.1) is 6.92 Å². The van der Waals surface area contributed by atoms with Gasteiger partial charge in [-0.1, -0.05) is 0 Å². The van der Waals surface area contributed by atoms with Gasteiger partial charge in [-0.2, -0.15) is 11.3 Å². The van der Waals surface area contributed by atoms with Gasteiger partial charge >= 0.3 is 0 Å². The maximum Gasteiger partial charge on any atom is 0.164 e. The summed E-state index contributed by atoms with van der Waals surface area (Å²) in [7, 11) is 0. The first-order chi connectivity index (χ1) is 11.6. The lowest BCUT2D eigenvalue weighted by Crippen LogP contribution is -2.33. The van der Waals surface area contributed by atoms with E-state index in [1.807, 2.05) is 29.8 Å². The summed E-state index contributed by atoms with van der Waals surface area (Å²) in [5, 5.41) is 34.4. The summed E-state index contributed by atoms with van der Waals surface area (Å²) in [6.45, 7) is 1.45. The SMILES string of the molecule is Cc1nc(-c2ccsc2)c2ccn([C@@H]3O[C@H](CO)C(O)C3O)c2n1. The third-order valence-corrected chi connectivity index (χ3v) is 4.95. The van der Waals surface area contributed by atoms with Crippen molar-refractivity contribution in [2.75, 3.05) is 6.61 Å². The van der Waals surface area contributed by atoms with E-state index in [-0.39, 0.29) is 6.61 Å². The minimum Gasteiger partial charge on any atom is -0.394 e. The van der Waals surface area contributed by atoms with Gasteiger partial charge in [-0.25, -0.2) is 9.97 Å². The zero-order valence-corrected chi connectivity index (χ0v) is 13.7. The Morgan fingerprint density at radius 2 is 2.08 bits per heavy atom. The lowest BCUT2D eigenvalue weighted by Gasteiger charge is -2.17. The molecule has 1 aliphatic rings. The maximum atomic E-state index is 10.3. The Balaban J connectivity index is 1.84. The summed E-state index contributed by atoms with van der Waals surface area (Å²) >= 11 is 1.59. The second kappa shape index (κ2) is 5.91. The Hall–Kier alpha value is -1.84. The van der Waals surface area contributed by atoms with E-state index in [0.29, 0.717) is 11.5 Å². The smallest absolute Gasteiger partial charge is 0.164 e. The normalized spacial score (nSPS) is 27.2. The zero-order valence-electron chi connectivity index (χ0n) is 12.9. The highest BCUT2D eigenvalue weighted by Crippen LogP contribution is 2.34. The molecule has 0 spiro atoms. The molecule has 0 radical (unpaired) electrons. The number of thiophene rings is 1. The molecule has 1 aliphatic heterocycles. The van der Waals surface area contributed by atoms with Crippen molar-refractivity contribution in [1.82, 2.24) is 14.5 Å². The van der Waals surface area contributed by atoms with Crippen molar-refractivity contribution in [3.63, 3.8) is 0 Å². The van der Waals surface area contributed by atoms with E-state index in [1.54, 1.807) is 22.1 Å². The quantitative estimate of drug-likeness (QED) is 0.655. The number of ether oxygens (including phenoxy) is 1. The van der Waals surface area contributed by atoms with E-state index >= 15 is 0 Å². The molecule has 0 saturated carbocycles. The molecule has 4 heterocycles. The number of hydrogen-bond donors (Lipinski definition) is 3. The van der Waals surface area contributed by atoms with Crippen LogP contribution in [-0.2, 0) is 4.74 Å². The molecule has 0 aliphatic carbocycles. The first kappa shape index (κ1) is 15.7. The number of aromatic nitrogens is 3. The molecule has 0 amide bonds. The minimum atomic E-state index is -1.14. The molecule has 7 nitrogen and oxygen atoms in total. The fourth-order valence-corrected chi connectivity index (χ4v) is 3.72. The summed E-state index contributed by atoms with van der Waals surface area (Å²) in [5.41, 5.74) is 2.46. The summed E-state index contributed by atoms with van der Waals surface area (Å²) in [4.78, 5) is 9.02. The Kier molecular flexibility index (Phi) is 3.86. The van der Waals surface area contributed by atoms with Gasteiger partial charge in [0.1, 0.15) is 29.8 Å². The van der Waals surface area contributed by atoms with Crippen LogP contribution in [0.5, 0.6) is 0 Å². The molecule has 3 N–H and O–H groups in total. The van der Waals surface area contributed by atoms with Crippen molar-refractivity contribution in [3.05, 3.63) is 34.9 Å². The number of aliphatic hydroxyl groups excluding tert-OH is 3. The number of fused-ring (bicyclic) bond motifs is 1. The summed E-state index contributed by atoms with van der Waals surface area (Å²) in [6.07, 6.45) is -2.15. The van der Waals surface area contributed by atoms with Gasteiger partial charge in [0.15, 0.2) is 6.23 Å². The zero-order chi connectivity index (χ0) is 16.8. The van der Waals surface area contributed by atoms with E-state index in [4.69, 9.17) is 4.74 Å². The van der Waals surface area contributed by atoms with Crippen LogP contribution in [0.1, 0.15) is 12.1 Å². The van der Waals surface area contributed by atoms with Gasteiger partial charge in [0.05, 0.1) is 12.3 Å². The third-order valence-electron chi connectivity index (χ3n) is 4.27. The van der Waals surface area contributed by atoms with Crippen molar-refractivity contribution in [2.45, 2.75) is 31.5 Å². The second-order valence-corrected chi connectivity index (χ2v) is 6.60. The minimum absolute atomic E-state index is 0.359. The van der Waals surface area contributed by atoms with E-state index < -0.39 is 24.5 Å². The molecule has 4 atom stereocenters. The van der Waals surface area contributed by atoms with Crippen LogP contribution in [0.2, 0.25) is 0 Å². The average molecular weight is 347 g/mol. The predicted octanol–water partition coefficient (Wildman–Crippen LogP) is 1.08. The standard InChI is InChI=1S/C16H17N3O4S/c1-8-17-12(9-3-5-24-7-9)10-2-4-19(15(10)18-8)16-14(22)13(21)11(6-20)23-16/h2-5,7,11,13-14,16,20-22H,6H2,1H3/t11-,13?,14?,16-/m1/s1. The largest absolute Gasteiger partial charge is 0.394 e. The monoisotopic (exact) mass is 347 g/mol. The molecule has 4 rings (SSSR count). The van der Waals surface area contributed by atoms with Crippen molar-refractivity contribution < 1.29 is 20.1 Å². The van der Waals surface area contributed by atoms with E-state index in [0.717, 1.165) is 16.6 Å². The molecule has 3 aromatic rings. The molecule has 3 aromatic heterocycles. The fraction of sp³-hybridized carbons (Fsp3) is 0.375. The van der Waals surface area contributed by atoms with Crippen molar-refractivity contribution >= 4 is 22.4 Å². The maximum absolute atomic E-state index is 10.3.